The Morgan fingerprint density at radius 1 is 1.08 bits per heavy atom. The lowest BCUT2D eigenvalue weighted by Gasteiger charge is -2.14. The van der Waals surface area contributed by atoms with Crippen molar-refractivity contribution >= 4 is 44.8 Å². The topological polar surface area (TPSA) is 58.2 Å². The molecule has 0 spiro atoms. The number of carbonyl (C=O) groups is 2. The van der Waals surface area contributed by atoms with Crippen molar-refractivity contribution in [2.24, 2.45) is 0 Å². The Morgan fingerprint density at radius 3 is 2.48 bits per heavy atom. The number of hydrogen-bond donors (Lipinski definition) is 2. The molecule has 1 aromatic heterocycles. The van der Waals surface area contributed by atoms with Crippen molar-refractivity contribution < 1.29 is 9.59 Å². The molecule has 0 bridgehead atoms. The van der Waals surface area contributed by atoms with E-state index < -0.39 is 0 Å². The van der Waals surface area contributed by atoms with E-state index in [1.54, 1.807) is 0 Å². The van der Waals surface area contributed by atoms with E-state index in [2.05, 4.69) is 10.6 Å². The van der Waals surface area contributed by atoms with Gasteiger partial charge in [-0.2, -0.15) is 0 Å². The molecule has 0 saturated heterocycles. The number of carbonyl (C=O) groups excluding carboxylic acids is 2. The SMILES string of the molecule is CC(NC(=O)CNC(=O)c1sc2ccccc2c1Cl)c1ccccc1. The molecule has 0 aliphatic rings. The molecule has 3 aromatic rings. The van der Waals surface area contributed by atoms with Crippen molar-refractivity contribution in [1.82, 2.24) is 10.6 Å². The van der Waals surface area contributed by atoms with Crippen LogP contribution in [-0.2, 0) is 4.79 Å². The summed E-state index contributed by atoms with van der Waals surface area (Å²) in [4.78, 5) is 24.8. The van der Waals surface area contributed by atoms with E-state index >= 15 is 0 Å². The average Bonchev–Trinajstić information content (AvgIpc) is 2.97. The molecule has 4 nitrogen and oxygen atoms in total. The fourth-order valence-corrected chi connectivity index (χ4v) is 3.95. The maximum absolute atomic E-state index is 12.3. The number of thiophene rings is 1. The van der Waals surface area contributed by atoms with Gasteiger partial charge in [-0.3, -0.25) is 9.59 Å². The minimum atomic E-state index is -0.339. The second-order valence-electron chi connectivity index (χ2n) is 5.62. The number of amides is 2. The second-order valence-corrected chi connectivity index (χ2v) is 7.05. The molecule has 1 heterocycles. The summed E-state index contributed by atoms with van der Waals surface area (Å²) in [6.07, 6.45) is 0. The molecule has 2 N–H and O–H groups in total. The molecule has 2 aromatic carbocycles. The van der Waals surface area contributed by atoms with Crippen LogP contribution in [0.5, 0.6) is 0 Å². The van der Waals surface area contributed by atoms with Gasteiger partial charge in [0.25, 0.3) is 5.91 Å². The summed E-state index contributed by atoms with van der Waals surface area (Å²) in [6.45, 7) is 1.80. The van der Waals surface area contributed by atoms with E-state index in [0.29, 0.717) is 9.90 Å². The molecule has 0 radical (unpaired) electrons. The van der Waals surface area contributed by atoms with Gasteiger partial charge < -0.3 is 10.6 Å². The molecule has 3 rings (SSSR count). The summed E-state index contributed by atoms with van der Waals surface area (Å²) in [5.41, 5.74) is 1.01. The average molecular weight is 373 g/mol. The first-order valence-electron chi connectivity index (χ1n) is 7.86. The van der Waals surface area contributed by atoms with Gasteiger partial charge in [0.15, 0.2) is 0 Å². The van der Waals surface area contributed by atoms with Crippen LogP contribution in [0.15, 0.2) is 54.6 Å². The summed E-state index contributed by atoms with van der Waals surface area (Å²) in [5.74, 6) is -0.587. The van der Waals surface area contributed by atoms with Crippen LogP contribution < -0.4 is 10.6 Å². The van der Waals surface area contributed by atoms with Gasteiger partial charge in [0.1, 0.15) is 4.88 Å². The van der Waals surface area contributed by atoms with E-state index in [4.69, 9.17) is 11.6 Å². The van der Waals surface area contributed by atoms with Gasteiger partial charge in [0.2, 0.25) is 5.91 Å². The van der Waals surface area contributed by atoms with Crippen molar-refractivity contribution in [1.29, 1.82) is 0 Å². The first-order valence-corrected chi connectivity index (χ1v) is 9.05. The molecular formula is C19H17ClN2O2S. The van der Waals surface area contributed by atoms with Crippen molar-refractivity contribution in [2.45, 2.75) is 13.0 Å². The Hall–Kier alpha value is -2.37. The van der Waals surface area contributed by atoms with E-state index in [0.717, 1.165) is 15.6 Å². The second kappa shape index (κ2) is 7.68. The van der Waals surface area contributed by atoms with E-state index in [1.807, 2.05) is 61.5 Å². The number of rotatable bonds is 5. The summed E-state index contributed by atoms with van der Waals surface area (Å²) in [6, 6.07) is 17.1. The van der Waals surface area contributed by atoms with Gasteiger partial charge in [0, 0.05) is 10.1 Å². The molecule has 1 unspecified atom stereocenters. The molecule has 1 atom stereocenters. The Balaban J connectivity index is 1.60. The molecule has 0 aliphatic carbocycles. The van der Waals surface area contributed by atoms with Gasteiger partial charge in [0.05, 0.1) is 17.6 Å². The van der Waals surface area contributed by atoms with Crippen LogP contribution in [0.25, 0.3) is 10.1 Å². The zero-order valence-electron chi connectivity index (χ0n) is 13.6. The number of hydrogen-bond acceptors (Lipinski definition) is 3. The van der Waals surface area contributed by atoms with Crippen molar-refractivity contribution in [3.8, 4) is 0 Å². The summed E-state index contributed by atoms with van der Waals surface area (Å²) in [5, 5.41) is 6.77. The molecule has 2 amide bonds. The Bertz CT molecular complexity index is 908. The van der Waals surface area contributed by atoms with Crippen LogP contribution in [0.4, 0.5) is 0 Å². The minimum absolute atomic E-state index is 0.0966. The highest BCUT2D eigenvalue weighted by Gasteiger charge is 2.18. The van der Waals surface area contributed by atoms with Crippen LogP contribution in [-0.4, -0.2) is 18.4 Å². The lowest BCUT2D eigenvalue weighted by molar-refractivity contribution is -0.120. The zero-order valence-corrected chi connectivity index (χ0v) is 15.2. The van der Waals surface area contributed by atoms with Crippen molar-refractivity contribution in [3.05, 3.63) is 70.1 Å². The third kappa shape index (κ3) is 4.00. The number of halogens is 1. The maximum Gasteiger partial charge on any atom is 0.263 e. The van der Waals surface area contributed by atoms with Crippen LogP contribution in [0.2, 0.25) is 5.02 Å². The first-order chi connectivity index (χ1) is 12.1. The van der Waals surface area contributed by atoms with E-state index in [1.165, 1.54) is 11.3 Å². The van der Waals surface area contributed by atoms with Gasteiger partial charge in [-0.1, -0.05) is 60.1 Å². The fourth-order valence-electron chi connectivity index (χ4n) is 2.52. The van der Waals surface area contributed by atoms with Crippen LogP contribution in [0.3, 0.4) is 0 Å². The van der Waals surface area contributed by atoms with Crippen molar-refractivity contribution in [2.75, 3.05) is 6.54 Å². The smallest absolute Gasteiger partial charge is 0.263 e. The molecule has 25 heavy (non-hydrogen) atoms. The molecule has 6 heteroatoms. The fraction of sp³-hybridized carbons (Fsp3) is 0.158. The third-order valence-electron chi connectivity index (χ3n) is 3.83. The molecule has 0 aliphatic heterocycles. The Labute approximate surface area is 154 Å². The molecule has 0 saturated carbocycles. The Morgan fingerprint density at radius 2 is 1.76 bits per heavy atom. The van der Waals surface area contributed by atoms with Gasteiger partial charge in [-0.15, -0.1) is 11.3 Å². The Kier molecular flexibility index (Phi) is 5.36. The highest BCUT2D eigenvalue weighted by molar-refractivity contribution is 7.21. The van der Waals surface area contributed by atoms with Gasteiger partial charge in [-0.05, 0) is 18.6 Å². The van der Waals surface area contributed by atoms with Crippen LogP contribution in [0.1, 0.15) is 28.2 Å². The summed E-state index contributed by atoms with van der Waals surface area (Å²) < 4.78 is 0.944. The quantitative estimate of drug-likeness (QED) is 0.706. The van der Waals surface area contributed by atoms with Crippen LogP contribution in [0, 0.1) is 0 Å². The number of nitrogens with one attached hydrogen (secondary N) is 2. The standard InChI is InChI=1S/C19H17ClN2O2S/c1-12(13-7-3-2-4-8-13)22-16(23)11-21-19(24)18-17(20)14-9-5-6-10-15(14)25-18/h2-10,12H,11H2,1H3,(H,21,24)(H,22,23). The number of benzene rings is 2. The first kappa shape index (κ1) is 17.5. The largest absolute Gasteiger partial charge is 0.348 e. The third-order valence-corrected chi connectivity index (χ3v) is 5.50. The number of fused-ring (bicyclic) bond motifs is 1. The van der Waals surface area contributed by atoms with Gasteiger partial charge in [-0.25, -0.2) is 0 Å². The van der Waals surface area contributed by atoms with Gasteiger partial charge >= 0.3 is 0 Å². The summed E-state index contributed by atoms with van der Waals surface area (Å²) in [7, 11) is 0. The zero-order chi connectivity index (χ0) is 17.8. The monoisotopic (exact) mass is 372 g/mol. The van der Waals surface area contributed by atoms with E-state index in [-0.39, 0.29) is 24.4 Å². The highest BCUT2D eigenvalue weighted by atomic mass is 35.5. The normalized spacial score (nSPS) is 11.9. The predicted octanol–water partition coefficient (Wildman–Crippen LogP) is 4.16. The maximum atomic E-state index is 12.3. The molecule has 0 fully saturated rings. The lowest BCUT2D eigenvalue weighted by Crippen LogP contribution is -2.37. The lowest BCUT2D eigenvalue weighted by atomic mass is 10.1. The minimum Gasteiger partial charge on any atom is -0.348 e. The predicted molar refractivity (Wildman–Crippen MR) is 102 cm³/mol. The molecular weight excluding hydrogens is 356 g/mol. The highest BCUT2D eigenvalue weighted by Crippen LogP contribution is 2.34. The van der Waals surface area contributed by atoms with E-state index in [9.17, 15) is 9.59 Å². The summed E-state index contributed by atoms with van der Waals surface area (Å²) >= 11 is 7.60. The van der Waals surface area contributed by atoms with Crippen LogP contribution >= 0.6 is 22.9 Å². The molecule has 128 valence electrons. The van der Waals surface area contributed by atoms with Crippen molar-refractivity contribution in [3.63, 3.8) is 0 Å².